The first-order valence-electron chi connectivity index (χ1n) is 7.86. The van der Waals surface area contributed by atoms with E-state index in [-0.39, 0.29) is 0 Å². The lowest BCUT2D eigenvalue weighted by molar-refractivity contribution is 0.00561. The Morgan fingerprint density at radius 1 is 1.22 bits per heavy atom. The van der Waals surface area contributed by atoms with Crippen molar-refractivity contribution in [1.82, 2.24) is 4.90 Å². The van der Waals surface area contributed by atoms with E-state index in [1.807, 2.05) is 0 Å². The largest absolute Gasteiger partial charge is 0.395 e. The topological polar surface area (TPSA) is 49.5 Å². The maximum atomic E-state index is 9.34. The lowest BCUT2D eigenvalue weighted by Gasteiger charge is -2.48. The molecule has 3 N–H and O–H groups in total. The van der Waals surface area contributed by atoms with Crippen molar-refractivity contribution in [3.05, 3.63) is 0 Å². The highest BCUT2D eigenvalue weighted by Gasteiger charge is 2.37. The van der Waals surface area contributed by atoms with Crippen LogP contribution < -0.4 is 5.73 Å². The van der Waals surface area contributed by atoms with Crippen molar-refractivity contribution >= 4 is 0 Å². The van der Waals surface area contributed by atoms with E-state index in [0.29, 0.717) is 18.6 Å². The molecule has 2 fully saturated rings. The summed E-state index contributed by atoms with van der Waals surface area (Å²) in [6.45, 7) is 4.27. The summed E-state index contributed by atoms with van der Waals surface area (Å²) in [6.07, 6.45) is 9.25. The molecule has 0 aromatic heterocycles. The van der Waals surface area contributed by atoms with Gasteiger partial charge in [-0.3, -0.25) is 4.90 Å². The zero-order chi connectivity index (χ0) is 13.0. The molecule has 2 saturated carbocycles. The van der Waals surface area contributed by atoms with Gasteiger partial charge in [-0.25, -0.2) is 0 Å². The Kier molecular flexibility index (Phi) is 5.46. The molecular formula is C15H30N2O. The van der Waals surface area contributed by atoms with Gasteiger partial charge in [-0.1, -0.05) is 26.2 Å². The van der Waals surface area contributed by atoms with Gasteiger partial charge in [-0.05, 0) is 44.1 Å². The second-order valence-electron chi connectivity index (χ2n) is 6.20. The zero-order valence-electron chi connectivity index (χ0n) is 11.9. The molecule has 3 unspecified atom stereocenters. The maximum absolute atomic E-state index is 9.34. The summed E-state index contributed by atoms with van der Waals surface area (Å²) in [6, 6.07) is 1.36. The fourth-order valence-electron chi connectivity index (χ4n) is 3.80. The van der Waals surface area contributed by atoms with Gasteiger partial charge in [0.1, 0.15) is 0 Å². The van der Waals surface area contributed by atoms with Crippen LogP contribution in [-0.2, 0) is 0 Å². The van der Waals surface area contributed by atoms with Crippen molar-refractivity contribution in [2.24, 2.45) is 17.6 Å². The van der Waals surface area contributed by atoms with Gasteiger partial charge in [0.15, 0.2) is 0 Å². The third-order valence-corrected chi connectivity index (χ3v) is 5.27. The van der Waals surface area contributed by atoms with Gasteiger partial charge in [0.05, 0.1) is 6.61 Å². The summed E-state index contributed by atoms with van der Waals surface area (Å²) < 4.78 is 0. The van der Waals surface area contributed by atoms with Crippen LogP contribution in [-0.4, -0.2) is 41.8 Å². The smallest absolute Gasteiger partial charge is 0.0558 e. The molecule has 106 valence electrons. The number of aliphatic hydroxyl groups is 1. The van der Waals surface area contributed by atoms with E-state index in [1.165, 1.54) is 44.9 Å². The first-order chi connectivity index (χ1) is 8.80. The van der Waals surface area contributed by atoms with E-state index in [1.54, 1.807) is 0 Å². The highest BCUT2D eigenvalue weighted by molar-refractivity contribution is 4.92. The molecule has 2 aliphatic carbocycles. The Morgan fingerprint density at radius 2 is 2.00 bits per heavy atom. The number of hydrogen-bond acceptors (Lipinski definition) is 3. The van der Waals surface area contributed by atoms with Crippen LogP contribution in [0.25, 0.3) is 0 Å². The summed E-state index contributed by atoms with van der Waals surface area (Å²) in [5, 5.41) is 9.34. The molecule has 0 spiro atoms. The number of rotatable bonds is 6. The molecule has 0 amide bonds. The number of nitrogens with zero attached hydrogens (tertiary/aromatic N) is 1. The average molecular weight is 254 g/mol. The summed E-state index contributed by atoms with van der Waals surface area (Å²) in [7, 11) is 0. The third-order valence-electron chi connectivity index (χ3n) is 5.27. The van der Waals surface area contributed by atoms with E-state index in [2.05, 4.69) is 11.8 Å². The van der Waals surface area contributed by atoms with E-state index in [4.69, 9.17) is 5.73 Å². The summed E-state index contributed by atoms with van der Waals surface area (Å²) in [4.78, 5) is 2.60. The van der Waals surface area contributed by atoms with Crippen molar-refractivity contribution in [2.75, 3.05) is 19.7 Å². The first kappa shape index (κ1) is 14.3. The van der Waals surface area contributed by atoms with Crippen molar-refractivity contribution in [1.29, 1.82) is 0 Å². The van der Waals surface area contributed by atoms with Crippen molar-refractivity contribution < 1.29 is 5.11 Å². The Balaban J connectivity index is 2.02. The zero-order valence-corrected chi connectivity index (χ0v) is 11.9. The van der Waals surface area contributed by atoms with Gasteiger partial charge in [0.25, 0.3) is 0 Å². The minimum atomic E-state index is 0.293. The molecule has 0 aromatic carbocycles. The van der Waals surface area contributed by atoms with Gasteiger partial charge in [0, 0.05) is 18.6 Å². The van der Waals surface area contributed by atoms with E-state index < -0.39 is 0 Å². The molecule has 0 aliphatic heterocycles. The van der Waals surface area contributed by atoms with Gasteiger partial charge in [-0.2, -0.15) is 0 Å². The molecule has 2 rings (SSSR count). The molecule has 18 heavy (non-hydrogen) atoms. The lowest BCUT2D eigenvalue weighted by Crippen LogP contribution is -2.54. The van der Waals surface area contributed by atoms with E-state index in [0.717, 1.165) is 25.0 Å². The van der Waals surface area contributed by atoms with Crippen molar-refractivity contribution in [3.63, 3.8) is 0 Å². The molecule has 0 bridgehead atoms. The fraction of sp³-hybridized carbons (Fsp3) is 1.00. The molecule has 0 heterocycles. The van der Waals surface area contributed by atoms with Gasteiger partial charge in [0.2, 0.25) is 0 Å². The normalized spacial score (nSPS) is 33.7. The van der Waals surface area contributed by atoms with E-state index >= 15 is 0 Å². The number of nitrogens with two attached hydrogens (primary N) is 1. The number of hydrogen-bond donors (Lipinski definition) is 2. The summed E-state index contributed by atoms with van der Waals surface area (Å²) in [5.74, 6) is 1.53. The SMILES string of the molecule is CCC1CCC(CN)C(N(CCO)C2CCC2)C1. The van der Waals surface area contributed by atoms with Gasteiger partial charge < -0.3 is 10.8 Å². The molecule has 2 aliphatic rings. The Morgan fingerprint density at radius 3 is 2.50 bits per heavy atom. The van der Waals surface area contributed by atoms with Crippen LogP contribution in [0.15, 0.2) is 0 Å². The minimum absolute atomic E-state index is 0.293. The van der Waals surface area contributed by atoms with Crippen LogP contribution in [0.3, 0.4) is 0 Å². The molecule has 3 nitrogen and oxygen atoms in total. The standard InChI is InChI=1S/C15H30N2O/c1-2-12-6-7-13(11-16)15(10-12)17(8-9-18)14-4-3-5-14/h12-15,18H,2-11,16H2,1H3. The molecule has 3 heteroatoms. The van der Waals surface area contributed by atoms with Gasteiger partial charge >= 0.3 is 0 Å². The number of aliphatic hydroxyl groups excluding tert-OH is 1. The van der Waals surface area contributed by atoms with Gasteiger partial charge in [-0.15, -0.1) is 0 Å². The Labute approximate surface area is 112 Å². The molecule has 3 atom stereocenters. The molecular weight excluding hydrogens is 224 g/mol. The fourth-order valence-corrected chi connectivity index (χ4v) is 3.80. The van der Waals surface area contributed by atoms with Crippen molar-refractivity contribution in [2.45, 2.75) is 64.0 Å². The first-order valence-corrected chi connectivity index (χ1v) is 7.86. The predicted molar refractivity (Wildman–Crippen MR) is 75.4 cm³/mol. The van der Waals surface area contributed by atoms with Crippen LogP contribution >= 0.6 is 0 Å². The summed E-state index contributed by atoms with van der Waals surface area (Å²) >= 11 is 0. The molecule has 0 saturated heterocycles. The van der Waals surface area contributed by atoms with Crippen LogP contribution in [0.4, 0.5) is 0 Å². The second-order valence-corrected chi connectivity index (χ2v) is 6.20. The maximum Gasteiger partial charge on any atom is 0.0558 e. The minimum Gasteiger partial charge on any atom is -0.395 e. The third kappa shape index (κ3) is 3.06. The quantitative estimate of drug-likeness (QED) is 0.762. The lowest BCUT2D eigenvalue weighted by atomic mass is 9.75. The average Bonchev–Trinajstić information content (AvgIpc) is 2.35. The van der Waals surface area contributed by atoms with Crippen molar-refractivity contribution in [3.8, 4) is 0 Å². The predicted octanol–water partition coefficient (Wildman–Crippen LogP) is 1.99. The summed E-state index contributed by atoms with van der Waals surface area (Å²) in [5.41, 5.74) is 5.98. The van der Waals surface area contributed by atoms with Crippen LogP contribution in [0, 0.1) is 11.8 Å². The highest BCUT2D eigenvalue weighted by atomic mass is 16.3. The Bertz CT molecular complexity index is 243. The molecule has 0 radical (unpaired) electrons. The van der Waals surface area contributed by atoms with E-state index in [9.17, 15) is 5.11 Å². The molecule has 0 aromatic rings. The monoisotopic (exact) mass is 254 g/mol. The van der Waals surface area contributed by atoms with Crippen LogP contribution in [0.2, 0.25) is 0 Å². The second kappa shape index (κ2) is 6.88. The Hall–Kier alpha value is -0.120. The van der Waals surface area contributed by atoms with Crippen LogP contribution in [0.5, 0.6) is 0 Å². The highest BCUT2D eigenvalue weighted by Crippen LogP contribution is 2.37. The van der Waals surface area contributed by atoms with Crippen LogP contribution in [0.1, 0.15) is 51.9 Å².